The van der Waals surface area contributed by atoms with Gasteiger partial charge in [0.1, 0.15) is 23.2 Å². The average molecular weight is 1550 g/mol. The van der Waals surface area contributed by atoms with Gasteiger partial charge in [0, 0.05) is 41.8 Å². The highest BCUT2D eigenvalue weighted by molar-refractivity contribution is 5.95. The number of nitrogens with one attached hydrogen (secondary N) is 3. The van der Waals surface area contributed by atoms with Crippen LogP contribution >= 0.6 is 0 Å². The van der Waals surface area contributed by atoms with E-state index in [9.17, 15) is 42.9 Å². The molecule has 586 valence electrons. The van der Waals surface area contributed by atoms with Crippen LogP contribution in [0.2, 0.25) is 0 Å². The van der Waals surface area contributed by atoms with E-state index in [-0.39, 0.29) is 72.1 Å². The van der Waals surface area contributed by atoms with Crippen molar-refractivity contribution in [2.45, 2.75) is 124 Å². The molecule has 16 nitrogen and oxygen atoms in total. The van der Waals surface area contributed by atoms with Crippen molar-refractivity contribution in [1.29, 1.82) is 0 Å². The molecule has 13 rings (SSSR count). The van der Waals surface area contributed by atoms with Crippen molar-refractivity contribution >= 4 is 23.3 Å². The molecule has 111 heavy (non-hydrogen) atoms. The minimum atomic E-state index is -3.72. The molecule has 10 unspecified atom stereocenters. The van der Waals surface area contributed by atoms with Crippen LogP contribution in [-0.4, -0.2) is 87.0 Å². The lowest BCUT2D eigenvalue weighted by Crippen LogP contribution is -2.53. The Bertz CT molecular complexity index is 4960. The zero-order valence-electron chi connectivity index (χ0n) is 61.2. The molecule has 0 bridgehead atoms. The molecule has 9 aromatic rings. The van der Waals surface area contributed by atoms with Crippen LogP contribution in [0.4, 0.5) is 52.7 Å². The topological polar surface area (TPSA) is 217 Å². The highest BCUT2D eigenvalue weighted by atomic mass is 19.2. The van der Waals surface area contributed by atoms with Crippen LogP contribution in [0.3, 0.4) is 0 Å². The van der Waals surface area contributed by atoms with Crippen molar-refractivity contribution in [1.82, 2.24) is 16.0 Å². The first-order chi connectivity index (χ1) is 52.5. The second-order valence-corrected chi connectivity index (χ2v) is 27.5. The minimum absolute atomic E-state index is 0.00910. The molecule has 4 aliphatic rings. The Morgan fingerprint density at radius 2 is 0.829 bits per heavy atom. The Labute approximate surface area is 629 Å². The summed E-state index contributed by atoms with van der Waals surface area (Å²) in [4.78, 5) is 38.2. The maximum absolute atomic E-state index is 16.9. The summed E-state index contributed by atoms with van der Waals surface area (Å²) in [7, 11) is 7.39. The molecule has 0 saturated heterocycles. The monoisotopic (exact) mass is 1550 g/mol. The third-order valence-electron chi connectivity index (χ3n) is 21.5. The molecule has 1 heterocycles. The number of halogens is 12. The van der Waals surface area contributed by atoms with E-state index in [0.717, 1.165) is 82.5 Å². The van der Waals surface area contributed by atoms with Gasteiger partial charge in [0.15, 0.2) is 75.2 Å². The van der Waals surface area contributed by atoms with E-state index in [0.29, 0.717) is 71.7 Å². The van der Waals surface area contributed by atoms with Gasteiger partial charge in [-0.25, -0.2) is 52.7 Å². The number of hydrogen-bond acceptors (Lipinski definition) is 13. The van der Waals surface area contributed by atoms with Crippen molar-refractivity contribution in [2.75, 3.05) is 42.7 Å². The van der Waals surface area contributed by atoms with Gasteiger partial charge in [-0.3, -0.25) is 14.4 Å². The number of ether oxygens (including phenoxy) is 6. The fourth-order valence-corrected chi connectivity index (χ4v) is 15.3. The van der Waals surface area contributed by atoms with E-state index < -0.39 is 144 Å². The first-order valence-corrected chi connectivity index (χ1v) is 34.5. The van der Waals surface area contributed by atoms with Crippen molar-refractivity contribution < 1.29 is 115 Å². The smallest absolute Gasteiger partial charge is 0.224 e. The van der Waals surface area contributed by atoms with Gasteiger partial charge in [-0.15, -0.1) is 0 Å². The molecule has 0 radical (unpaired) electrons. The molecular formula is C83H77F12N3O13. The lowest BCUT2D eigenvalue weighted by atomic mass is 9.75. The van der Waals surface area contributed by atoms with Crippen molar-refractivity contribution in [3.05, 3.63) is 260 Å². The van der Waals surface area contributed by atoms with E-state index in [4.69, 9.17) is 32.8 Å². The minimum Gasteiger partial charge on any atom is -0.502 e. The number of allylic oxidation sites excluding steroid dienone is 1. The van der Waals surface area contributed by atoms with E-state index >= 15 is 39.5 Å². The molecule has 8 aromatic carbocycles. The summed E-state index contributed by atoms with van der Waals surface area (Å²) < 4.78 is 227. The van der Waals surface area contributed by atoms with E-state index in [1.165, 1.54) is 50.8 Å². The van der Waals surface area contributed by atoms with Gasteiger partial charge in [0.2, 0.25) is 46.3 Å². The lowest BCUT2D eigenvalue weighted by molar-refractivity contribution is -0.159. The normalized spacial score (nSPS) is 24.1. The fraction of sp³-hybridized carbons (Fsp3) is 0.313. The standard InChI is InChI=1S/C29H27F2NO4.C28H26F5NO4.C26H24F5NO5/c1-17-21(14-26(33)32-15-18-7-5-4-6-8-18)22-13-20(30)9-10-23(22)28(17)16-29(28,31)19-11-24(35-2)27(34)25(12-19)36-3;1-26(31)27(32,14-23(35)34-15-16-7-5-4-6-8-16)20-13-18(29)9-10-19(20)28(26,33)25(30)17-11-21(37-2)24(36)22(12-17)38-3;1-24(29)25(30,12-21(33)32-13-16-5-4-8-37-16)18-11-15(27)6-7-17(18)26(24,31)23(28)14-9-19(35-2)22(34)20(10-14)36-3/h4-13,34H,14-16H2,1-3H3,(H,32,33);4-13,25,36H,14-15H2,1-3H3,(H,34,35);4-11,23,34H,12-13H2,1-3H3,(H,32,33). The molecule has 1 aromatic heterocycles. The van der Waals surface area contributed by atoms with Gasteiger partial charge < -0.3 is 64.1 Å². The number of methoxy groups -OCH3 is 6. The van der Waals surface area contributed by atoms with Crippen LogP contribution < -0.4 is 44.4 Å². The van der Waals surface area contributed by atoms with Crippen LogP contribution in [0.5, 0.6) is 51.7 Å². The summed E-state index contributed by atoms with van der Waals surface area (Å²) in [6, 6.07) is 36.3. The maximum Gasteiger partial charge on any atom is 0.224 e. The van der Waals surface area contributed by atoms with Gasteiger partial charge in [-0.1, -0.05) is 84.4 Å². The first kappa shape index (κ1) is 80.6. The molecular weight excluding hydrogens is 1470 g/mol. The predicted molar refractivity (Wildman–Crippen MR) is 383 cm³/mol. The zero-order chi connectivity index (χ0) is 80.7. The molecule has 4 aliphatic carbocycles. The molecule has 6 N–H and O–H groups in total. The van der Waals surface area contributed by atoms with Gasteiger partial charge in [-0.05, 0) is 150 Å². The van der Waals surface area contributed by atoms with Crippen LogP contribution in [0.15, 0.2) is 180 Å². The van der Waals surface area contributed by atoms with Gasteiger partial charge in [0.05, 0.1) is 80.1 Å². The van der Waals surface area contributed by atoms with E-state index in [1.54, 1.807) is 42.5 Å². The Morgan fingerprint density at radius 3 is 1.22 bits per heavy atom. The second kappa shape index (κ2) is 30.8. The van der Waals surface area contributed by atoms with Gasteiger partial charge in [0.25, 0.3) is 0 Å². The summed E-state index contributed by atoms with van der Waals surface area (Å²) >= 11 is 0. The molecule has 1 saturated carbocycles. The van der Waals surface area contributed by atoms with Crippen LogP contribution in [0, 0.1) is 17.5 Å². The number of carbonyl (C=O) groups excluding carboxylic acids is 3. The molecule has 1 spiro atoms. The van der Waals surface area contributed by atoms with Crippen molar-refractivity contribution in [2.24, 2.45) is 0 Å². The fourth-order valence-electron chi connectivity index (χ4n) is 15.3. The quantitative estimate of drug-likeness (QED) is 0.0329. The molecule has 3 amide bonds. The summed E-state index contributed by atoms with van der Waals surface area (Å²) in [5.41, 5.74) is -24.4. The van der Waals surface area contributed by atoms with Gasteiger partial charge >= 0.3 is 0 Å². The highest BCUT2D eigenvalue weighted by Gasteiger charge is 2.78. The third kappa shape index (κ3) is 13.7. The number of fused-ring (bicyclic) bond motifs is 4. The molecule has 0 aliphatic heterocycles. The average Bonchev–Trinajstić information content (AvgIpc) is 1.47. The third-order valence-corrected chi connectivity index (χ3v) is 21.5. The number of amides is 3. The lowest BCUT2D eigenvalue weighted by Gasteiger charge is -2.39. The number of furan rings is 1. The maximum atomic E-state index is 16.9. The predicted octanol–water partition coefficient (Wildman–Crippen LogP) is 17.2. The van der Waals surface area contributed by atoms with Crippen molar-refractivity contribution in [3.8, 4) is 51.7 Å². The zero-order valence-corrected chi connectivity index (χ0v) is 61.2. The van der Waals surface area contributed by atoms with E-state index in [1.807, 2.05) is 37.3 Å². The van der Waals surface area contributed by atoms with Crippen LogP contribution in [0.1, 0.15) is 126 Å². The number of rotatable bonds is 23. The number of phenols is 3. The van der Waals surface area contributed by atoms with Crippen molar-refractivity contribution in [3.63, 3.8) is 0 Å². The summed E-state index contributed by atoms with van der Waals surface area (Å²) in [5, 5.41) is 38.3. The number of alkyl halides is 9. The van der Waals surface area contributed by atoms with Crippen LogP contribution in [0.25, 0.3) is 5.57 Å². The Hall–Kier alpha value is -11.5. The Kier molecular flexibility index (Phi) is 22.3. The second-order valence-electron chi connectivity index (χ2n) is 27.5. The number of carbonyl (C=O) groups is 3. The summed E-state index contributed by atoms with van der Waals surface area (Å²) in [6.45, 7) is 3.00. The van der Waals surface area contributed by atoms with Gasteiger partial charge in [-0.2, -0.15) is 0 Å². The SMILES string of the molecule is COc1cc(C(F)C2(F)c3ccc(F)cc3C(F)(CC(=O)NCc3ccccc3)C2(C)F)cc(OC)c1O.COc1cc(C(F)C2(F)c3ccc(F)cc3C(F)(CC(=O)NCc3ccco3)C2(C)F)cc(OC)c1O.COc1cc(C2(F)CC23C(C)=C(CC(=O)NCc2ccccc2)c2cc(F)ccc23)cc(OC)c1O. The number of hydrogen-bond donors (Lipinski definition) is 6. The highest BCUT2D eigenvalue weighted by Crippen LogP contribution is 2.75. The molecule has 28 heteroatoms. The number of aromatic hydroxyl groups is 3. The molecule has 10 atom stereocenters. The summed E-state index contributed by atoms with van der Waals surface area (Å²) in [6.07, 6.45) is -6.79. The number of phenolic OH excluding ortho intramolecular Hbond substituents is 3. The molecule has 1 fully saturated rings. The Balaban J connectivity index is 0.000000165. The first-order valence-electron chi connectivity index (χ1n) is 34.5. The number of benzene rings is 8. The van der Waals surface area contributed by atoms with Crippen LogP contribution in [-0.2, 0) is 67.8 Å². The Morgan fingerprint density at radius 1 is 0.459 bits per heavy atom. The summed E-state index contributed by atoms with van der Waals surface area (Å²) in [5.74, 6) is -6.64. The van der Waals surface area contributed by atoms with E-state index in [2.05, 4.69) is 16.0 Å². The largest absolute Gasteiger partial charge is 0.502 e.